The Labute approximate surface area is 198 Å². The lowest BCUT2D eigenvalue weighted by molar-refractivity contribution is -0.131. The molecule has 5 N–H and O–H groups in total. The Hall–Kier alpha value is -2.72. The summed E-state index contributed by atoms with van der Waals surface area (Å²) in [5.41, 5.74) is 7.51. The second-order valence-corrected chi connectivity index (χ2v) is 10.2. The zero-order valence-corrected chi connectivity index (χ0v) is 20.5. The number of thioether (sulfide) groups is 1. The minimum absolute atomic E-state index is 0.0456. The molecule has 0 radical (unpaired) electrons. The van der Waals surface area contributed by atoms with Gasteiger partial charge in [-0.25, -0.2) is 4.79 Å². The molecule has 0 unspecified atom stereocenters. The molecule has 3 rings (SSSR count). The number of alkyl carbamates (subject to hydrolysis) is 1. The second-order valence-electron chi connectivity index (χ2n) is 9.17. The average molecular weight is 476 g/mol. The summed E-state index contributed by atoms with van der Waals surface area (Å²) in [6.07, 6.45) is 2.14. The molecule has 0 saturated carbocycles. The fourth-order valence-corrected chi connectivity index (χ4v) is 4.35. The van der Waals surface area contributed by atoms with Crippen LogP contribution in [0.4, 0.5) is 4.79 Å². The van der Waals surface area contributed by atoms with Crippen molar-refractivity contribution in [3.05, 3.63) is 35.5 Å². The number of para-hydroxylation sites is 1. The van der Waals surface area contributed by atoms with E-state index in [0.29, 0.717) is 18.6 Å². The molecule has 3 atom stereocenters. The first-order chi connectivity index (χ1) is 15.6. The first-order valence-electron chi connectivity index (χ1n) is 11.0. The average Bonchev–Trinajstić information content (AvgIpc) is 3.13. The predicted octanol–water partition coefficient (Wildman–Crippen LogP) is 2.54. The van der Waals surface area contributed by atoms with Crippen LogP contribution in [0.3, 0.4) is 0 Å². The summed E-state index contributed by atoms with van der Waals surface area (Å²) in [5, 5.41) is 6.98. The van der Waals surface area contributed by atoms with Crippen LogP contribution < -0.4 is 21.5 Å². The molecule has 1 aromatic carbocycles. The maximum atomic E-state index is 12.8. The van der Waals surface area contributed by atoms with Crippen molar-refractivity contribution < 1.29 is 19.1 Å². The number of ether oxygens (including phenoxy) is 1. The first kappa shape index (κ1) is 24.9. The van der Waals surface area contributed by atoms with Gasteiger partial charge in [-0.05, 0) is 64.2 Å². The number of carbonyl (C=O) groups excluding carboxylic acids is 3. The fourth-order valence-electron chi connectivity index (χ4n) is 3.88. The van der Waals surface area contributed by atoms with E-state index in [1.807, 2.05) is 37.4 Å². The van der Waals surface area contributed by atoms with Gasteiger partial charge < -0.3 is 15.0 Å². The number of aromatic nitrogens is 1. The van der Waals surface area contributed by atoms with Crippen LogP contribution in [0.25, 0.3) is 10.9 Å². The van der Waals surface area contributed by atoms with Gasteiger partial charge in [-0.15, -0.1) is 0 Å². The minimum atomic E-state index is -0.828. The molecule has 1 aliphatic rings. The SMILES string of the molecule is CSCC[C@H](NC(=O)OC(C)(C)C)C(=O)NNC(=O)[C@@H]1Cc2c([nH]c3ccccc23)[C@H](C)N1. The third-order valence-corrected chi connectivity index (χ3v) is 6.03. The molecule has 2 heterocycles. The van der Waals surface area contributed by atoms with E-state index in [1.54, 1.807) is 32.5 Å². The van der Waals surface area contributed by atoms with Crippen LogP contribution in [-0.2, 0) is 20.7 Å². The summed E-state index contributed by atoms with van der Waals surface area (Å²) in [7, 11) is 0. The van der Waals surface area contributed by atoms with Crippen LogP contribution in [0.5, 0.6) is 0 Å². The summed E-state index contributed by atoms with van der Waals surface area (Å²) in [6, 6.07) is 6.63. The standard InChI is InChI=1S/C23H33N5O4S/c1-13-19-15(14-8-6-7-9-16(14)25-19)12-18(24-13)21(30)28-27-20(29)17(10-11-33-5)26-22(31)32-23(2,3)4/h6-9,13,17-18,24-25H,10-12H2,1-5H3,(H,26,31)(H,27,29)(H,28,30)/t13-,17-,18-/m0/s1. The van der Waals surface area contributed by atoms with Gasteiger partial charge in [0.15, 0.2) is 0 Å². The quantitative estimate of drug-likeness (QED) is 0.409. The molecule has 3 amide bonds. The van der Waals surface area contributed by atoms with Crippen molar-refractivity contribution >= 4 is 40.6 Å². The monoisotopic (exact) mass is 475 g/mol. The van der Waals surface area contributed by atoms with Crippen molar-refractivity contribution in [3.8, 4) is 0 Å². The Kier molecular flexibility index (Phi) is 7.91. The van der Waals surface area contributed by atoms with Crippen molar-refractivity contribution in [2.75, 3.05) is 12.0 Å². The number of nitrogens with one attached hydrogen (secondary N) is 5. The zero-order valence-electron chi connectivity index (χ0n) is 19.7. The lowest BCUT2D eigenvalue weighted by Gasteiger charge is -2.29. The number of hydrogen-bond acceptors (Lipinski definition) is 6. The lowest BCUT2D eigenvalue weighted by Crippen LogP contribution is -2.57. The number of carbonyl (C=O) groups is 3. The van der Waals surface area contributed by atoms with E-state index in [1.165, 1.54) is 0 Å². The summed E-state index contributed by atoms with van der Waals surface area (Å²) in [4.78, 5) is 41.1. The Morgan fingerprint density at radius 3 is 2.64 bits per heavy atom. The number of benzene rings is 1. The molecule has 180 valence electrons. The number of fused-ring (bicyclic) bond motifs is 3. The molecule has 0 bridgehead atoms. The van der Waals surface area contributed by atoms with Gasteiger partial charge in [-0.3, -0.25) is 25.8 Å². The van der Waals surface area contributed by atoms with E-state index in [0.717, 1.165) is 22.2 Å². The summed E-state index contributed by atoms with van der Waals surface area (Å²) >= 11 is 1.56. The highest BCUT2D eigenvalue weighted by Gasteiger charge is 2.32. The maximum Gasteiger partial charge on any atom is 0.408 e. The molecule has 10 heteroatoms. The van der Waals surface area contributed by atoms with Gasteiger partial charge in [-0.1, -0.05) is 18.2 Å². The Bertz CT molecular complexity index is 1020. The normalized spacial score (nSPS) is 18.8. The Balaban J connectivity index is 1.61. The second kappa shape index (κ2) is 10.5. The Morgan fingerprint density at radius 2 is 1.94 bits per heavy atom. The largest absolute Gasteiger partial charge is 0.444 e. The first-order valence-corrected chi connectivity index (χ1v) is 12.4. The third-order valence-electron chi connectivity index (χ3n) is 5.38. The van der Waals surface area contributed by atoms with Gasteiger partial charge in [-0.2, -0.15) is 11.8 Å². The molecular formula is C23H33N5O4S. The number of hydrazine groups is 1. The number of rotatable bonds is 6. The van der Waals surface area contributed by atoms with Crippen LogP contribution in [0.1, 0.15) is 51.4 Å². The van der Waals surface area contributed by atoms with E-state index in [4.69, 9.17) is 4.74 Å². The molecule has 0 spiro atoms. The molecular weight excluding hydrogens is 442 g/mol. The summed E-state index contributed by atoms with van der Waals surface area (Å²) in [5.74, 6) is -0.181. The molecule has 33 heavy (non-hydrogen) atoms. The van der Waals surface area contributed by atoms with Crippen molar-refractivity contribution in [2.24, 2.45) is 0 Å². The van der Waals surface area contributed by atoms with Gasteiger partial charge in [0.1, 0.15) is 11.6 Å². The minimum Gasteiger partial charge on any atom is -0.444 e. The van der Waals surface area contributed by atoms with Gasteiger partial charge in [0.25, 0.3) is 11.8 Å². The van der Waals surface area contributed by atoms with Crippen LogP contribution in [0, 0.1) is 0 Å². The maximum absolute atomic E-state index is 12.8. The Morgan fingerprint density at radius 1 is 1.21 bits per heavy atom. The molecule has 0 fully saturated rings. The molecule has 0 saturated heterocycles. The van der Waals surface area contributed by atoms with E-state index in [-0.39, 0.29) is 11.9 Å². The van der Waals surface area contributed by atoms with Crippen molar-refractivity contribution in [3.63, 3.8) is 0 Å². The van der Waals surface area contributed by atoms with Crippen molar-refractivity contribution in [2.45, 2.75) is 64.3 Å². The topological polar surface area (TPSA) is 124 Å². The van der Waals surface area contributed by atoms with Crippen molar-refractivity contribution in [1.82, 2.24) is 26.5 Å². The molecule has 0 aliphatic carbocycles. The molecule has 2 aromatic rings. The summed E-state index contributed by atoms with van der Waals surface area (Å²) < 4.78 is 5.25. The van der Waals surface area contributed by atoms with Crippen molar-refractivity contribution in [1.29, 1.82) is 0 Å². The number of hydrogen-bond donors (Lipinski definition) is 5. The molecule has 1 aromatic heterocycles. The number of aromatic amines is 1. The van der Waals surface area contributed by atoms with Crippen LogP contribution in [0.15, 0.2) is 24.3 Å². The van der Waals surface area contributed by atoms with E-state index < -0.39 is 29.7 Å². The highest BCUT2D eigenvalue weighted by Crippen LogP contribution is 2.31. The summed E-state index contributed by atoms with van der Waals surface area (Å²) in [6.45, 7) is 7.25. The molecule has 1 aliphatic heterocycles. The van der Waals surface area contributed by atoms with E-state index in [2.05, 4.69) is 26.5 Å². The van der Waals surface area contributed by atoms with Gasteiger partial charge in [0, 0.05) is 22.6 Å². The van der Waals surface area contributed by atoms with Crippen LogP contribution >= 0.6 is 11.8 Å². The van der Waals surface area contributed by atoms with Gasteiger partial charge in [0.05, 0.1) is 6.04 Å². The van der Waals surface area contributed by atoms with Gasteiger partial charge >= 0.3 is 6.09 Å². The van der Waals surface area contributed by atoms with Crippen LogP contribution in [0.2, 0.25) is 0 Å². The lowest BCUT2D eigenvalue weighted by atomic mass is 9.94. The molecule has 9 nitrogen and oxygen atoms in total. The number of amides is 3. The highest BCUT2D eigenvalue weighted by atomic mass is 32.2. The van der Waals surface area contributed by atoms with Gasteiger partial charge in [0.2, 0.25) is 0 Å². The van der Waals surface area contributed by atoms with Crippen LogP contribution in [-0.4, -0.2) is 52.6 Å². The fraction of sp³-hybridized carbons (Fsp3) is 0.522. The van der Waals surface area contributed by atoms with E-state index >= 15 is 0 Å². The third kappa shape index (κ3) is 6.42. The van der Waals surface area contributed by atoms with E-state index in [9.17, 15) is 14.4 Å². The zero-order chi connectivity index (χ0) is 24.2. The smallest absolute Gasteiger partial charge is 0.408 e. The highest BCUT2D eigenvalue weighted by molar-refractivity contribution is 7.98. The predicted molar refractivity (Wildman–Crippen MR) is 130 cm³/mol. The number of H-pyrrole nitrogens is 1.